The average Bonchev–Trinajstić information content (AvgIpc) is 2.53. The third-order valence-electron chi connectivity index (χ3n) is 3.24. The molecule has 2 rings (SSSR count). The van der Waals surface area contributed by atoms with Crippen LogP contribution in [0.4, 0.5) is 0 Å². The molecule has 0 saturated carbocycles. The number of ether oxygens (including phenoxy) is 2. The summed E-state index contributed by atoms with van der Waals surface area (Å²) in [5.74, 6) is 2.14. The predicted octanol–water partition coefficient (Wildman–Crippen LogP) is 2.39. The molecule has 2 N–H and O–H groups in total. The maximum Gasteiger partial charge on any atom is 0.329 e. The van der Waals surface area contributed by atoms with Gasteiger partial charge in [0.25, 0.3) is 0 Å². The number of thioether (sulfide) groups is 1. The van der Waals surface area contributed by atoms with Gasteiger partial charge in [-0.25, -0.2) is 4.79 Å². The van der Waals surface area contributed by atoms with Gasteiger partial charge in [-0.1, -0.05) is 0 Å². The first-order chi connectivity index (χ1) is 10.9. The Morgan fingerprint density at radius 1 is 1.43 bits per heavy atom. The highest BCUT2D eigenvalue weighted by Crippen LogP contribution is 2.23. The number of aryl methyl sites for hydroxylation is 2. The second-order valence-corrected chi connectivity index (χ2v) is 6.84. The summed E-state index contributed by atoms with van der Waals surface area (Å²) in [4.78, 5) is 11.1. The van der Waals surface area contributed by atoms with Gasteiger partial charge in [-0.3, -0.25) is 0 Å². The van der Waals surface area contributed by atoms with E-state index in [1.165, 1.54) is 0 Å². The molecule has 5 nitrogen and oxygen atoms in total. The van der Waals surface area contributed by atoms with E-state index in [4.69, 9.17) is 14.6 Å². The molecule has 1 atom stereocenters. The first kappa shape index (κ1) is 20.2. The van der Waals surface area contributed by atoms with Crippen molar-refractivity contribution in [3.63, 3.8) is 0 Å². The van der Waals surface area contributed by atoms with Crippen molar-refractivity contribution < 1.29 is 19.4 Å². The molecule has 0 amide bonds. The fourth-order valence-electron chi connectivity index (χ4n) is 2.05. The third-order valence-corrected chi connectivity index (χ3v) is 5.08. The van der Waals surface area contributed by atoms with Crippen molar-refractivity contribution in [2.75, 3.05) is 38.4 Å². The van der Waals surface area contributed by atoms with E-state index in [1.54, 1.807) is 7.11 Å². The van der Waals surface area contributed by atoms with E-state index in [-0.39, 0.29) is 6.61 Å². The number of aliphatic carboxylic acids is 1. The number of benzene rings is 1. The summed E-state index contributed by atoms with van der Waals surface area (Å²) >= 11 is 6.21. The molecular formula is C16H25NO4S2. The third kappa shape index (κ3) is 7.97. The number of carboxylic acids is 1. The highest BCUT2D eigenvalue weighted by Gasteiger charge is 2.12. The minimum Gasteiger partial charge on any atom is -0.497 e. The maximum atomic E-state index is 10.1. The summed E-state index contributed by atoms with van der Waals surface area (Å²) < 4.78 is 10.1. The lowest BCUT2D eigenvalue weighted by Crippen LogP contribution is -2.41. The fraction of sp³-hybridized carbons (Fsp3) is 0.562. The van der Waals surface area contributed by atoms with Crippen LogP contribution in [0.25, 0.3) is 0 Å². The summed E-state index contributed by atoms with van der Waals surface area (Å²) in [6, 6.07) is 4.29. The Bertz CT molecular complexity index is 482. The number of carbonyl (C=O) groups is 1. The van der Waals surface area contributed by atoms with Crippen LogP contribution in [0.3, 0.4) is 0 Å². The van der Waals surface area contributed by atoms with E-state index in [0.717, 1.165) is 39.8 Å². The second kappa shape index (κ2) is 10.8. The van der Waals surface area contributed by atoms with Crippen molar-refractivity contribution in [2.45, 2.75) is 24.8 Å². The van der Waals surface area contributed by atoms with Crippen molar-refractivity contribution >= 4 is 30.4 Å². The summed E-state index contributed by atoms with van der Waals surface area (Å²) in [5.41, 5.74) is 2.32. The maximum absolute atomic E-state index is 10.1. The van der Waals surface area contributed by atoms with Crippen LogP contribution in [0.2, 0.25) is 0 Å². The van der Waals surface area contributed by atoms with Gasteiger partial charge in [0.1, 0.15) is 12.4 Å². The number of hydrogen-bond donors (Lipinski definition) is 3. The van der Waals surface area contributed by atoms with Crippen LogP contribution in [0.1, 0.15) is 11.1 Å². The van der Waals surface area contributed by atoms with E-state index in [9.17, 15) is 4.79 Å². The molecule has 1 fully saturated rings. The first-order valence-corrected chi connectivity index (χ1v) is 8.99. The van der Waals surface area contributed by atoms with Gasteiger partial charge in [-0.15, -0.1) is 12.6 Å². The molecule has 0 bridgehead atoms. The number of methoxy groups -OCH3 is 1. The van der Waals surface area contributed by atoms with Crippen molar-refractivity contribution in [1.29, 1.82) is 0 Å². The molecule has 0 spiro atoms. The molecule has 130 valence electrons. The van der Waals surface area contributed by atoms with E-state index in [0.29, 0.717) is 12.6 Å². The SMILES string of the molecule is COc1cc(C)c(S)c(C)c1.O=C(O)COCC1CSCCN1. The largest absolute Gasteiger partial charge is 0.497 e. The van der Waals surface area contributed by atoms with E-state index >= 15 is 0 Å². The lowest BCUT2D eigenvalue weighted by atomic mass is 10.1. The molecule has 0 aromatic heterocycles. The molecule has 1 saturated heterocycles. The predicted molar refractivity (Wildman–Crippen MR) is 97.3 cm³/mol. The molecule has 0 aliphatic carbocycles. The van der Waals surface area contributed by atoms with Crippen molar-refractivity contribution in [3.05, 3.63) is 23.3 Å². The smallest absolute Gasteiger partial charge is 0.329 e. The first-order valence-electron chi connectivity index (χ1n) is 7.39. The van der Waals surface area contributed by atoms with Gasteiger partial charge in [-0.2, -0.15) is 11.8 Å². The Labute approximate surface area is 147 Å². The van der Waals surface area contributed by atoms with Crippen molar-refractivity contribution in [3.8, 4) is 5.75 Å². The van der Waals surface area contributed by atoms with Crippen LogP contribution >= 0.6 is 24.4 Å². The van der Waals surface area contributed by atoms with Crippen LogP contribution < -0.4 is 10.1 Å². The van der Waals surface area contributed by atoms with Crippen LogP contribution in [0.5, 0.6) is 5.75 Å². The lowest BCUT2D eigenvalue weighted by Gasteiger charge is -2.22. The van der Waals surface area contributed by atoms with Gasteiger partial charge >= 0.3 is 5.97 Å². The Balaban J connectivity index is 0.000000231. The zero-order valence-corrected chi connectivity index (χ0v) is 15.5. The highest BCUT2D eigenvalue weighted by molar-refractivity contribution is 7.99. The van der Waals surface area contributed by atoms with Crippen LogP contribution in [0, 0.1) is 13.8 Å². The van der Waals surface area contributed by atoms with Gasteiger partial charge in [0.2, 0.25) is 0 Å². The van der Waals surface area contributed by atoms with Crippen LogP contribution in [-0.4, -0.2) is 55.5 Å². The summed E-state index contributed by atoms with van der Waals surface area (Å²) in [7, 11) is 1.67. The minimum absolute atomic E-state index is 0.192. The Kier molecular flexibility index (Phi) is 9.47. The van der Waals surface area contributed by atoms with Gasteiger partial charge in [0.05, 0.1) is 13.7 Å². The molecule has 1 aromatic carbocycles. The lowest BCUT2D eigenvalue weighted by molar-refractivity contribution is -0.142. The number of nitrogens with one attached hydrogen (secondary N) is 1. The second-order valence-electron chi connectivity index (χ2n) is 5.24. The quantitative estimate of drug-likeness (QED) is 0.702. The number of hydrogen-bond acceptors (Lipinski definition) is 6. The zero-order valence-electron chi connectivity index (χ0n) is 13.8. The molecule has 23 heavy (non-hydrogen) atoms. The zero-order chi connectivity index (χ0) is 17.2. The molecule has 7 heteroatoms. The number of thiol groups is 1. The van der Waals surface area contributed by atoms with E-state index in [2.05, 4.69) is 17.9 Å². The highest BCUT2D eigenvalue weighted by atomic mass is 32.2. The monoisotopic (exact) mass is 359 g/mol. The molecule has 1 aliphatic rings. The normalized spacial score (nSPS) is 17.1. The molecule has 1 heterocycles. The molecule has 1 unspecified atom stereocenters. The number of rotatable bonds is 5. The van der Waals surface area contributed by atoms with Crippen molar-refractivity contribution in [2.24, 2.45) is 0 Å². The standard InChI is InChI=1S/C9H12OS.C7H13NO3S/c1-6-4-8(10-3)5-7(2)9(6)11;9-7(10)4-11-3-6-5-12-2-1-8-6/h4-5,11H,1-3H3;6,8H,1-5H2,(H,9,10). The molecular weight excluding hydrogens is 334 g/mol. The molecule has 1 aromatic rings. The van der Waals surface area contributed by atoms with Gasteiger partial charge in [0, 0.05) is 29.0 Å². The van der Waals surface area contributed by atoms with Gasteiger partial charge in [-0.05, 0) is 37.1 Å². The van der Waals surface area contributed by atoms with E-state index < -0.39 is 5.97 Å². The van der Waals surface area contributed by atoms with Gasteiger partial charge in [0.15, 0.2) is 0 Å². The Morgan fingerprint density at radius 3 is 2.57 bits per heavy atom. The Hall–Kier alpha value is -0.890. The summed E-state index contributed by atoms with van der Waals surface area (Å²) in [6.07, 6.45) is 0. The number of carboxylic acid groups (broad SMARTS) is 1. The van der Waals surface area contributed by atoms with Crippen LogP contribution in [0.15, 0.2) is 17.0 Å². The molecule has 1 aliphatic heterocycles. The Morgan fingerprint density at radius 2 is 2.09 bits per heavy atom. The average molecular weight is 360 g/mol. The fourth-order valence-corrected chi connectivity index (χ4v) is 3.11. The van der Waals surface area contributed by atoms with Crippen LogP contribution in [-0.2, 0) is 9.53 Å². The van der Waals surface area contributed by atoms with Gasteiger partial charge < -0.3 is 19.9 Å². The molecule has 0 radical (unpaired) electrons. The van der Waals surface area contributed by atoms with E-state index in [1.807, 2.05) is 37.7 Å². The summed E-state index contributed by atoms with van der Waals surface area (Å²) in [6.45, 7) is 5.35. The summed E-state index contributed by atoms with van der Waals surface area (Å²) in [5, 5.41) is 11.5. The van der Waals surface area contributed by atoms with Crippen molar-refractivity contribution in [1.82, 2.24) is 5.32 Å². The topological polar surface area (TPSA) is 67.8 Å². The minimum atomic E-state index is -0.904.